The first kappa shape index (κ1) is 26.1. The quantitative estimate of drug-likeness (QED) is 0.549. The second-order valence-corrected chi connectivity index (χ2v) is 9.45. The number of halogens is 1. The van der Waals surface area contributed by atoms with Crippen LogP contribution >= 0.6 is 11.6 Å². The number of anilines is 1. The summed E-state index contributed by atoms with van der Waals surface area (Å²) in [4.78, 5) is 26.3. The van der Waals surface area contributed by atoms with Crippen molar-refractivity contribution >= 4 is 29.3 Å². The van der Waals surface area contributed by atoms with Gasteiger partial charge in [0.25, 0.3) is 0 Å². The SMILES string of the molecule is COc1cc2cc(c1Cl)N(C)C(=O)CCC[C@H](O)C[C@@H]1C[C@](O)(C/C=C/C=C(\C)C2)NC(=O)O1. The lowest BCUT2D eigenvalue weighted by atomic mass is 9.95. The smallest absolute Gasteiger partial charge is 0.409 e. The fraction of sp³-hybridized carbons (Fsp3) is 0.520. The summed E-state index contributed by atoms with van der Waals surface area (Å²) in [6.07, 6.45) is 5.64. The molecular weight excluding hydrogens is 460 g/mol. The van der Waals surface area contributed by atoms with E-state index in [-0.39, 0.29) is 31.6 Å². The number of fused-ring (bicyclic) bond motifs is 4. The van der Waals surface area contributed by atoms with E-state index in [0.29, 0.717) is 35.7 Å². The molecule has 186 valence electrons. The first-order chi connectivity index (χ1) is 16.1. The molecule has 0 aliphatic carbocycles. The van der Waals surface area contributed by atoms with Gasteiger partial charge in [-0.3, -0.25) is 10.1 Å². The molecule has 8 nitrogen and oxygen atoms in total. The van der Waals surface area contributed by atoms with Crippen molar-refractivity contribution < 1.29 is 29.3 Å². The molecule has 2 aliphatic rings. The van der Waals surface area contributed by atoms with Gasteiger partial charge in [0.1, 0.15) is 22.6 Å². The van der Waals surface area contributed by atoms with Crippen LogP contribution in [0.3, 0.4) is 0 Å². The summed E-state index contributed by atoms with van der Waals surface area (Å²) in [7, 11) is 3.21. The number of allylic oxidation sites excluding steroid dienone is 3. The lowest BCUT2D eigenvalue weighted by Gasteiger charge is -2.37. The zero-order valence-electron chi connectivity index (χ0n) is 19.8. The monoisotopic (exact) mass is 492 g/mol. The third-order valence-corrected chi connectivity index (χ3v) is 6.51. The number of aliphatic hydroxyl groups is 2. The van der Waals surface area contributed by atoms with Crippen LogP contribution in [0.1, 0.15) is 51.0 Å². The Kier molecular flexibility index (Phi) is 8.62. The highest BCUT2D eigenvalue weighted by Crippen LogP contribution is 2.37. The van der Waals surface area contributed by atoms with Gasteiger partial charge in [-0.15, -0.1) is 0 Å². The maximum Gasteiger partial charge on any atom is 0.409 e. The van der Waals surface area contributed by atoms with Crippen LogP contribution in [-0.2, 0) is 16.0 Å². The second kappa shape index (κ2) is 11.3. The van der Waals surface area contributed by atoms with E-state index in [2.05, 4.69) is 5.32 Å². The molecule has 2 amide bonds. The fourth-order valence-electron chi connectivity index (χ4n) is 4.33. The van der Waals surface area contributed by atoms with Crippen molar-refractivity contribution in [3.05, 3.63) is 46.5 Å². The van der Waals surface area contributed by atoms with E-state index in [0.717, 1.165) is 11.1 Å². The Bertz CT molecular complexity index is 978. The molecule has 3 atom stereocenters. The number of nitrogens with zero attached hydrogens (tertiary/aromatic N) is 1. The Labute approximate surface area is 205 Å². The Hall–Kier alpha value is -2.55. The highest BCUT2D eigenvalue weighted by Gasteiger charge is 2.39. The molecule has 2 heterocycles. The summed E-state index contributed by atoms with van der Waals surface area (Å²) in [5, 5.41) is 24.1. The van der Waals surface area contributed by atoms with Gasteiger partial charge >= 0.3 is 6.09 Å². The van der Waals surface area contributed by atoms with Gasteiger partial charge in [0.2, 0.25) is 5.91 Å². The topological polar surface area (TPSA) is 108 Å². The Morgan fingerprint density at radius 3 is 2.82 bits per heavy atom. The number of amides is 2. The van der Waals surface area contributed by atoms with Crippen molar-refractivity contribution in [2.45, 2.75) is 69.8 Å². The van der Waals surface area contributed by atoms with Crippen LogP contribution in [0, 0.1) is 0 Å². The second-order valence-electron chi connectivity index (χ2n) is 9.08. The van der Waals surface area contributed by atoms with Crippen LogP contribution in [0.5, 0.6) is 5.75 Å². The van der Waals surface area contributed by atoms with Crippen molar-refractivity contribution in [1.29, 1.82) is 0 Å². The lowest BCUT2D eigenvalue weighted by molar-refractivity contribution is -0.118. The van der Waals surface area contributed by atoms with Crippen LogP contribution in [0.15, 0.2) is 35.9 Å². The Balaban J connectivity index is 1.90. The van der Waals surface area contributed by atoms with E-state index in [1.165, 1.54) is 12.0 Å². The van der Waals surface area contributed by atoms with Gasteiger partial charge in [0, 0.05) is 32.7 Å². The van der Waals surface area contributed by atoms with Crippen molar-refractivity contribution in [2.24, 2.45) is 0 Å². The number of rotatable bonds is 1. The summed E-state index contributed by atoms with van der Waals surface area (Å²) in [6.45, 7) is 1.98. The molecule has 1 aromatic rings. The molecule has 3 rings (SSSR count). The molecule has 1 fully saturated rings. The van der Waals surface area contributed by atoms with Crippen molar-refractivity contribution in [3.63, 3.8) is 0 Å². The number of ether oxygens (including phenoxy) is 2. The molecule has 9 heteroatoms. The number of hydrogen-bond acceptors (Lipinski definition) is 6. The van der Waals surface area contributed by atoms with Crippen LogP contribution in [0.2, 0.25) is 5.02 Å². The first-order valence-corrected chi connectivity index (χ1v) is 11.8. The van der Waals surface area contributed by atoms with E-state index >= 15 is 0 Å². The van der Waals surface area contributed by atoms with Crippen LogP contribution in [-0.4, -0.2) is 54.3 Å². The summed E-state index contributed by atoms with van der Waals surface area (Å²) < 4.78 is 10.7. The summed E-state index contributed by atoms with van der Waals surface area (Å²) in [5.74, 6) is 0.354. The van der Waals surface area contributed by atoms with E-state index < -0.39 is 24.0 Å². The normalized spacial score (nSPS) is 29.5. The van der Waals surface area contributed by atoms with Crippen LogP contribution < -0.4 is 15.0 Å². The van der Waals surface area contributed by atoms with Gasteiger partial charge in [-0.25, -0.2) is 4.79 Å². The molecule has 0 radical (unpaired) electrons. The van der Waals surface area contributed by atoms with E-state index in [1.54, 1.807) is 13.1 Å². The number of carbonyl (C=O) groups excluding carboxylic acids is 2. The van der Waals surface area contributed by atoms with E-state index in [9.17, 15) is 19.8 Å². The van der Waals surface area contributed by atoms with Crippen LogP contribution in [0.4, 0.5) is 10.5 Å². The maximum absolute atomic E-state index is 12.9. The van der Waals surface area contributed by atoms with Gasteiger partial charge in [-0.1, -0.05) is 35.4 Å². The number of aliphatic hydroxyl groups excluding tert-OH is 1. The molecule has 0 unspecified atom stereocenters. The number of nitrogens with one attached hydrogen (secondary N) is 1. The third-order valence-electron chi connectivity index (χ3n) is 6.13. The molecule has 2 aliphatic heterocycles. The Morgan fingerprint density at radius 1 is 1.32 bits per heavy atom. The highest BCUT2D eigenvalue weighted by molar-refractivity contribution is 6.35. The van der Waals surface area contributed by atoms with E-state index in [1.807, 2.05) is 31.2 Å². The van der Waals surface area contributed by atoms with E-state index in [4.69, 9.17) is 21.1 Å². The fourth-order valence-corrected chi connectivity index (χ4v) is 4.64. The summed E-state index contributed by atoms with van der Waals surface area (Å²) >= 11 is 6.51. The minimum atomic E-state index is -1.45. The minimum Gasteiger partial charge on any atom is -0.495 e. The largest absolute Gasteiger partial charge is 0.495 e. The molecule has 3 N–H and O–H groups in total. The zero-order valence-corrected chi connectivity index (χ0v) is 20.6. The first-order valence-electron chi connectivity index (χ1n) is 11.4. The van der Waals surface area contributed by atoms with Gasteiger partial charge in [0.05, 0.1) is 18.9 Å². The molecule has 1 aromatic carbocycles. The lowest BCUT2D eigenvalue weighted by Crippen LogP contribution is -2.56. The van der Waals surface area contributed by atoms with Crippen molar-refractivity contribution in [2.75, 3.05) is 19.1 Å². The molecular formula is C25H33ClN2O6. The standard InChI is InChI=1S/C25H33ClN2O6/c1-16-7-4-5-10-25(32)15-19(34-24(31)27-25)14-18(29)8-6-9-22(30)28(2)20-12-17(11-16)13-21(33-3)23(20)26/h4-5,7,12-13,18-19,29,32H,6,8-11,14-15H2,1-3H3,(H,27,31)/b5-4+,16-7+/t18-,19+,25+/m0/s1. The molecule has 0 aromatic heterocycles. The molecule has 34 heavy (non-hydrogen) atoms. The summed E-state index contributed by atoms with van der Waals surface area (Å²) in [5.41, 5.74) is 1.10. The van der Waals surface area contributed by atoms with Crippen molar-refractivity contribution in [3.8, 4) is 5.75 Å². The average Bonchev–Trinajstić information content (AvgIpc) is 2.76. The van der Waals surface area contributed by atoms with Gasteiger partial charge in [0.15, 0.2) is 0 Å². The maximum atomic E-state index is 12.9. The summed E-state index contributed by atoms with van der Waals surface area (Å²) in [6, 6.07) is 3.73. The van der Waals surface area contributed by atoms with Crippen LogP contribution in [0.25, 0.3) is 0 Å². The predicted molar refractivity (Wildman–Crippen MR) is 130 cm³/mol. The highest BCUT2D eigenvalue weighted by atomic mass is 35.5. The third kappa shape index (κ3) is 6.74. The molecule has 1 saturated heterocycles. The number of hydrogen-bond donors (Lipinski definition) is 3. The molecule has 4 bridgehead atoms. The molecule has 0 spiro atoms. The number of alkyl carbamates (subject to hydrolysis) is 1. The number of methoxy groups -OCH3 is 1. The van der Waals surface area contributed by atoms with Gasteiger partial charge < -0.3 is 24.6 Å². The van der Waals surface area contributed by atoms with Gasteiger partial charge in [-0.2, -0.15) is 0 Å². The minimum absolute atomic E-state index is 0.135. The van der Waals surface area contributed by atoms with Gasteiger partial charge in [-0.05, 0) is 43.9 Å². The number of benzene rings is 1. The number of carbonyl (C=O) groups is 2. The average molecular weight is 493 g/mol. The zero-order chi connectivity index (χ0) is 24.9. The molecule has 0 saturated carbocycles. The Morgan fingerprint density at radius 2 is 2.09 bits per heavy atom. The predicted octanol–water partition coefficient (Wildman–Crippen LogP) is 3.87. The van der Waals surface area contributed by atoms with Crippen molar-refractivity contribution in [1.82, 2.24) is 5.32 Å².